The van der Waals surface area contributed by atoms with Crippen molar-refractivity contribution in [2.24, 2.45) is 0 Å². The molecule has 1 N–H and O–H groups in total. The van der Waals surface area contributed by atoms with Crippen LogP contribution < -0.4 is 29.6 Å². The van der Waals surface area contributed by atoms with E-state index in [1.165, 1.54) is 64.2 Å². The van der Waals surface area contributed by atoms with E-state index in [9.17, 15) is 4.79 Å². The summed E-state index contributed by atoms with van der Waals surface area (Å²) in [6.45, 7) is 6.35. The van der Waals surface area contributed by atoms with Gasteiger partial charge in [0.05, 0.1) is 6.61 Å². The number of unbranched alkanes of at least 4 members (excludes halogenated alkanes) is 11. The first-order valence-electron chi connectivity index (χ1n) is 10.0. The number of hydrogen-bond acceptors (Lipinski definition) is 6. The molecule has 29 heavy (non-hydrogen) atoms. The molecule has 0 atom stereocenters. The quantitative estimate of drug-likeness (QED) is 0.118. The van der Waals surface area contributed by atoms with Crippen LogP contribution >= 0.6 is 0 Å². The van der Waals surface area contributed by atoms with Gasteiger partial charge in [-0.05, 0) is 12.2 Å². The molecule has 164 valence electrons. The fourth-order valence-electron chi connectivity index (χ4n) is 2.67. The maximum Gasteiger partial charge on any atom is 1.00 e. The second-order valence-electron chi connectivity index (χ2n) is 6.72. The first-order chi connectivity index (χ1) is 13.2. The molecule has 1 rings (SSSR count). The Bertz CT molecular complexity index is 606. The molecule has 1 aromatic heterocycles. The summed E-state index contributed by atoms with van der Waals surface area (Å²) in [7, 11) is -4.92. The van der Waals surface area contributed by atoms with E-state index in [1.807, 2.05) is 0 Å². The van der Waals surface area contributed by atoms with Crippen LogP contribution in [0.4, 0.5) is 0 Å². The van der Waals surface area contributed by atoms with Gasteiger partial charge in [-0.3, -0.25) is 4.55 Å². The second kappa shape index (κ2) is 19.5. The Labute approximate surface area is 197 Å². The first kappa shape index (κ1) is 30.7. The number of carbonyl (C=O) groups is 1. The van der Waals surface area contributed by atoms with Gasteiger partial charge >= 0.3 is 35.5 Å². The van der Waals surface area contributed by atoms with Gasteiger partial charge in [0.1, 0.15) is 0 Å². The van der Waals surface area contributed by atoms with Crippen molar-refractivity contribution in [2.75, 3.05) is 6.61 Å². The number of esters is 1. The van der Waals surface area contributed by atoms with Gasteiger partial charge in [0.25, 0.3) is 0 Å². The molecule has 0 radical (unpaired) electrons. The number of ether oxygens (including phenoxy) is 1. The van der Waals surface area contributed by atoms with Crippen LogP contribution in [0.2, 0.25) is 0 Å². The van der Waals surface area contributed by atoms with Crippen molar-refractivity contribution in [1.82, 2.24) is 0 Å². The minimum atomic E-state index is -4.92. The van der Waals surface area contributed by atoms with Crippen LogP contribution in [-0.4, -0.2) is 30.1 Å². The van der Waals surface area contributed by atoms with E-state index in [2.05, 4.69) is 13.8 Å². The van der Waals surface area contributed by atoms with Gasteiger partial charge in [0.15, 0.2) is 5.76 Å². The Balaban J connectivity index is 0. The average Bonchev–Trinajstić information content (AvgIpc) is 3.04. The fourth-order valence-corrected chi connectivity index (χ4v) is 2.67. The molecule has 0 aliphatic heterocycles. The molecule has 7 nitrogen and oxygen atoms in total. The normalized spacial score (nSPS) is 10.6. The molecule has 0 unspecified atom stereocenters. The van der Waals surface area contributed by atoms with Crippen molar-refractivity contribution in [1.29, 1.82) is 0 Å². The van der Waals surface area contributed by atoms with E-state index in [4.69, 9.17) is 26.7 Å². The molecule has 0 amide bonds. The largest absolute Gasteiger partial charge is 1.00 e. The molecule has 0 aromatic carbocycles. The van der Waals surface area contributed by atoms with E-state index in [0.717, 1.165) is 12.8 Å². The maximum absolute atomic E-state index is 11.6. The predicted molar refractivity (Wildman–Crippen MR) is 107 cm³/mol. The standard InChI is InChI=1S/C20H33O3.Na.H2O4S/c1-3-4-5-6-7-8-9-10-11-12-13-14-17-22-20(21)19-16-15-18(2)23-19;;1-5(2,3)4/h15-16H,2-14,17H2,1H3;;(H2,1,2,3,4)/q-1;+1;/p-1. The number of rotatable bonds is 14. The van der Waals surface area contributed by atoms with Crippen molar-refractivity contribution in [3.05, 3.63) is 30.6 Å². The molecular weight excluding hydrogens is 407 g/mol. The second-order valence-corrected chi connectivity index (χ2v) is 7.57. The zero-order chi connectivity index (χ0) is 21.3. The molecule has 1 heterocycles. The topological polar surface area (TPSA) is 117 Å². The van der Waals surface area contributed by atoms with Crippen LogP contribution in [0.5, 0.6) is 0 Å². The number of carbonyl (C=O) groups excluding carboxylic acids is 1. The van der Waals surface area contributed by atoms with Gasteiger partial charge in [-0.1, -0.05) is 83.6 Å². The Morgan fingerprint density at radius 1 is 1.00 bits per heavy atom. The summed E-state index contributed by atoms with van der Waals surface area (Å²) in [5.41, 5.74) is 0. The number of hydrogen-bond donors (Lipinski definition) is 1. The van der Waals surface area contributed by atoms with Crippen molar-refractivity contribution in [2.45, 2.75) is 84.0 Å². The Hall–Kier alpha value is -0.510. The summed E-state index contributed by atoms with van der Waals surface area (Å²) in [6, 6.07) is 3.27. The van der Waals surface area contributed by atoms with Crippen molar-refractivity contribution in [3.8, 4) is 0 Å². The number of furan rings is 1. The van der Waals surface area contributed by atoms with Gasteiger partial charge in [0.2, 0.25) is 10.4 Å². The summed E-state index contributed by atoms with van der Waals surface area (Å²) in [5.74, 6) is 0.347. The molecule has 1 aromatic rings. The minimum Gasteiger partial charge on any atom is -0.726 e. The predicted octanol–water partition coefficient (Wildman–Crippen LogP) is 2.33. The van der Waals surface area contributed by atoms with E-state index in [0.29, 0.717) is 12.4 Å². The summed E-state index contributed by atoms with van der Waals surface area (Å²) in [5, 5.41) is 0. The molecular formula is C20H34NaO7S-. The summed E-state index contributed by atoms with van der Waals surface area (Å²) >= 11 is 0. The SMILES string of the molecule is O=S(=O)([O-])O.[CH2-]c1ccc(C(=O)OCCCCCCCCCCCCCC)o1.[Na+]. The summed E-state index contributed by atoms with van der Waals surface area (Å²) in [4.78, 5) is 11.6. The van der Waals surface area contributed by atoms with Gasteiger partial charge < -0.3 is 13.7 Å². The third-order valence-corrected chi connectivity index (χ3v) is 4.09. The molecule has 0 bridgehead atoms. The third-order valence-electron chi connectivity index (χ3n) is 4.09. The monoisotopic (exact) mass is 441 g/mol. The molecule has 0 aliphatic rings. The van der Waals surface area contributed by atoms with E-state index >= 15 is 0 Å². The summed E-state index contributed by atoms with van der Waals surface area (Å²) < 4.78 is 43.1. The van der Waals surface area contributed by atoms with Gasteiger partial charge in [0, 0.05) is 0 Å². The van der Waals surface area contributed by atoms with Crippen LogP contribution in [-0.2, 0) is 15.1 Å². The van der Waals surface area contributed by atoms with Gasteiger partial charge in [-0.15, -0.1) is 0 Å². The molecule has 0 saturated carbocycles. The van der Waals surface area contributed by atoms with Gasteiger partial charge in [-0.25, -0.2) is 20.1 Å². The third kappa shape index (κ3) is 23.6. The van der Waals surface area contributed by atoms with E-state index in [1.54, 1.807) is 12.1 Å². The van der Waals surface area contributed by atoms with Crippen LogP contribution in [0.1, 0.15) is 100 Å². The van der Waals surface area contributed by atoms with Crippen LogP contribution in [0.15, 0.2) is 16.5 Å². The molecule has 0 fully saturated rings. The molecule has 9 heteroatoms. The smallest absolute Gasteiger partial charge is 0.726 e. The zero-order valence-corrected chi connectivity index (χ0v) is 20.7. The van der Waals surface area contributed by atoms with Crippen molar-refractivity contribution >= 4 is 16.4 Å². The van der Waals surface area contributed by atoms with Crippen molar-refractivity contribution in [3.63, 3.8) is 0 Å². The maximum atomic E-state index is 11.6. The Kier molecular flexibility index (Phi) is 20.6. The van der Waals surface area contributed by atoms with Crippen molar-refractivity contribution < 1.29 is 61.0 Å². The minimum absolute atomic E-state index is 0. The van der Waals surface area contributed by atoms with Crippen LogP contribution in [0.25, 0.3) is 0 Å². The molecule has 0 spiro atoms. The first-order valence-corrected chi connectivity index (χ1v) is 11.4. The molecule has 0 saturated heterocycles. The van der Waals surface area contributed by atoms with Crippen LogP contribution in [0, 0.1) is 6.92 Å². The zero-order valence-electron chi connectivity index (χ0n) is 17.9. The van der Waals surface area contributed by atoms with E-state index < -0.39 is 10.4 Å². The van der Waals surface area contributed by atoms with E-state index in [-0.39, 0.29) is 41.3 Å². The van der Waals surface area contributed by atoms with Gasteiger partial charge in [-0.2, -0.15) is 6.07 Å². The fraction of sp³-hybridized carbons (Fsp3) is 0.700. The molecule has 0 aliphatic carbocycles. The van der Waals surface area contributed by atoms with Crippen LogP contribution in [0.3, 0.4) is 0 Å². The Morgan fingerprint density at radius 3 is 1.79 bits per heavy atom. The average molecular weight is 442 g/mol. The summed E-state index contributed by atoms with van der Waals surface area (Å²) in [6.07, 6.45) is 15.6. The Morgan fingerprint density at radius 2 is 1.41 bits per heavy atom.